The Morgan fingerprint density at radius 2 is 2.28 bits per heavy atom. The molecule has 0 aliphatic heterocycles. The largest absolute Gasteiger partial charge is 0.375 e. The Balaban J connectivity index is 2.16. The quantitative estimate of drug-likeness (QED) is 0.836. The molecule has 0 aliphatic rings. The summed E-state index contributed by atoms with van der Waals surface area (Å²) < 4.78 is 26.6. The van der Waals surface area contributed by atoms with Gasteiger partial charge in [0.1, 0.15) is 6.33 Å². The van der Waals surface area contributed by atoms with E-state index in [-0.39, 0.29) is 15.9 Å². The van der Waals surface area contributed by atoms with Crippen LogP contribution < -0.4 is 10.5 Å². The highest BCUT2D eigenvalue weighted by Gasteiger charge is 2.20. The molecule has 9 heteroatoms. The zero-order chi connectivity index (χ0) is 13.2. The lowest BCUT2D eigenvalue weighted by atomic mass is 10.4. The van der Waals surface area contributed by atoms with Crippen LogP contribution in [0.1, 0.15) is 11.4 Å². The van der Waals surface area contributed by atoms with Gasteiger partial charge in [0.25, 0.3) is 10.0 Å². The van der Waals surface area contributed by atoms with Gasteiger partial charge in [-0.2, -0.15) is 0 Å². The Morgan fingerprint density at radius 1 is 1.50 bits per heavy atom. The van der Waals surface area contributed by atoms with Crippen LogP contribution in [0.4, 0.5) is 5.13 Å². The summed E-state index contributed by atoms with van der Waals surface area (Å²) in [7, 11) is -3.60. The lowest BCUT2D eigenvalue weighted by Crippen LogP contribution is -2.23. The smallest absolute Gasteiger partial charge is 0.252 e. The van der Waals surface area contributed by atoms with E-state index in [4.69, 9.17) is 5.73 Å². The van der Waals surface area contributed by atoms with Crippen molar-refractivity contribution in [3.8, 4) is 0 Å². The monoisotopic (exact) mass is 285 g/mol. The standard InChI is InChI=1S/C9H11N5O2S2/c1-6-8(17-9(10)14-6)18(15,16)13-4-7-2-3-11-5-12-7/h2-3,5,13H,4H2,1H3,(H2,10,14). The zero-order valence-corrected chi connectivity index (χ0v) is 11.1. The number of nitrogen functional groups attached to an aromatic ring is 1. The van der Waals surface area contributed by atoms with Crippen molar-refractivity contribution in [2.24, 2.45) is 0 Å². The molecule has 0 bridgehead atoms. The number of aryl methyl sites for hydroxylation is 1. The van der Waals surface area contributed by atoms with Gasteiger partial charge in [-0.1, -0.05) is 11.3 Å². The van der Waals surface area contributed by atoms with Crippen molar-refractivity contribution < 1.29 is 8.42 Å². The first-order chi connectivity index (χ1) is 8.49. The fourth-order valence-corrected chi connectivity index (χ4v) is 3.65. The second kappa shape index (κ2) is 4.96. The number of anilines is 1. The third-order valence-electron chi connectivity index (χ3n) is 2.10. The summed E-state index contributed by atoms with van der Waals surface area (Å²) in [5, 5.41) is 0.231. The zero-order valence-electron chi connectivity index (χ0n) is 9.49. The van der Waals surface area contributed by atoms with Gasteiger partial charge in [-0.25, -0.2) is 28.1 Å². The molecule has 2 rings (SSSR count). The maximum absolute atomic E-state index is 12.0. The molecule has 0 spiro atoms. The van der Waals surface area contributed by atoms with Crippen LogP contribution in [0.5, 0.6) is 0 Å². The number of sulfonamides is 1. The molecular weight excluding hydrogens is 274 g/mol. The maximum atomic E-state index is 12.0. The minimum Gasteiger partial charge on any atom is -0.375 e. The summed E-state index contributed by atoms with van der Waals surface area (Å²) in [6, 6.07) is 1.64. The molecule has 2 aromatic rings. The molecule has 0 radical (unpaired) electrons. The number of nitrogens with zero attached hydrogens (tertiary/aromatic N) is 3. The van der Waals surface area contributed by atoms with E-state index in [1.807, 2.05) is 0 Å². The lowest BCUT2D eigenvalue weighted by molar-refractivity contribution is 0.581. The first kappa shape index (κ1) is 12.9. The Kier molecular flexibility index (Phi) is 3.55. The Hall–Kier alpha value is -1.58. The average Bonchev–Trinajstić information content (AvgIpc) is 2.68. The van der Waals surface area contributed by atoms with Crippen molar-refractivity contribution >= 4 is 26.5 Å². The van der Waals surface area contributed by atoms with E-state index < -0.39 is 10.0 Å². The summed E-state index contributed by atoms with van der Waals surface area (Å²) >= 11 is 0.940. The second-order valence-electron chi connectivity index (χ2n) is 3.45. The van der Waals surface area contributed by atoms with E-state index in [0.717, 1.165) is 11.3 Å². The van der Waals surface area contributed by atoms with Gasteiger partial charge in [-0.3, -0.25) is 0 Å². The molecule has 7 nitrogen and oxygen atoms in total. The molecule has 0 aliphatic carbocycles. The van der Waals surface area contributed by atoms with E-state index in [1.54, 1.807) is 19.2 Å². The molecule has 0 aromatic carbocycles. The van der Waals surface area contributed by atoms with Crippen molar-refractivity contribution in [2.75, 3.05) is 5.73 Å². The fourth-order valence-electron chi connectivity index (χ4n) is 1.31. The maximum Gasteiger partial charge on any atom is 0.252 e. The molecule has 0 saturated heterocycles. The number of nitrogens with two attached hydrogens (primary N) is 1. The molecule has 96 valence electrons. The number of nitrogens with one attached hydrogen (secondary N) is 1. The molecule has 0 atom stereocenters. The van der Waals surface area contributed by atoms with E-state index in [2.05, 4.69) is 19.7 Å². The van der Waals surface area contributed by atoms with E-state index in [9.17, 15) is 8.42 Å². The summed E-state index contributed by atoms with van der Waals surface area (Å²) in [5.74, 6) is 0. The molecule has 0 saturated carbocycles. The summed E-state index contributed by atoms with van der Waals surface area (Å²) in [6.07, 6.45) is 2.91. The average molecular weight is 285 g/mol. The highest BCUT2D eigenvalue weighted by molar-refractivity contribution is 7.91. The van der Waals surface area contributed by atoms with Crippen molar-refractivity contribution in [1.82, 2.24) is 19.7 Å². The minimum atomic E-state index is -3.60. The Labute approximate surface area is 108 Å². The van der Waals surface area contributed by atoms with E-state index in [0.29, 0.717) is 11.4 Å². The third-order valence-corrected chi connectivity index (χ3v) is 5.10. The van der Waals surface area contributed by atoms with Crippen molar-refractivity contribution in [2.45, 2.75) is 17.7 Å². The van der Waals surface area contributed by atoms with Gasteiger partial charge in [0.2, 0.25) is 0 Å². The highest BCUT2D eigenvalue weighted by atomic mass is 32.2. The number of hydrogen-bond acceptors (Lipinski definition) is 7. The summed E-state index contributed by atoms with van der Waals surface area (Å²) in [5.41, 5.74) is 6.46. The SMILES string of the molecule is Cc1nc(N)sc1S(=O)(=O)NCc1ccncn1. The molecule has 2 aromatic heterocycles. The van der Waals surface area contributed by atoms with Crippen LogP contribution in [0.15, 0.2) is 22.8 Å². The van der Waals surface area contributed by atoms with Crippen LogP contribution in [0.25, 0.3) is 0 Å². The lowest BCUT2D eigenvalue weighted by Gasteiger charge is -2.04. The summed E-state index contributed by atoms with van der Waals surface area (Å²) in [6.45, 7) is 1.70. The van der Waals surface area contributed by atoms with Gasteiger partial charge >= 0.3 is 0 Å². The minimum absolute atomic E-state index is 0.0993. The van der Waals surface area contributed by atoms with Crippen LogP contribution in [0.2, 0.25) is 0 Å². The fraction of sp³-hybridized carbons (Fsp3) is 0.222. The molecular formula is C9H11N5O2S2. The van der Waals surface area contributed by atoms with Crippen LogP contribution in [0.3, 0.4) is 0 Å². The topological polar surface area (TPSA) is 111 Å². The van der Waals surface area contributed by atoms with Crippen molar-refractivity contribution in [1.29, 1.82) is 0 Å². The van der Waals surface area contributed by atoms with Crippen molar-refractivity contribution in [3.05, 3.63) is 30.0 Å². The third kappa shape index (κ3) is 2.81. The number of hydrogen-bond donors (Lipinski definition) is 2. The van der Waals surface area contributed by atoms with Gasteiger partial charge in [-0.05, 0) is 13.0 Å². The van der Waals surface area contributed by atoms with Gasteiger partial charge in [-0.15, -0.1) is 0 Å². The molecule has 3 N–H and O–H groups in total. The number of thiazole rings is 1. The van der Waals surface area contributed by atoms with Crippen LogP contribution >= 0.6 is 11.3 Å². The highest BCUT2D eigenvalue weighted by Crippen LogP contribution is 2.24. The Morgan fingerprint density at radius 3 is 2.83 bits per heavy atom. The molecule has 0 unspecified atom stereocenters. The summed E-state index contributed by atoms with van der Waals surface area (Å²) in [4.78, 5) is 11.6. The first-order valence-electron chi connectivity index (χ1n) is 4.96. The van der Waals surface area contributed by atoms with Crippen molar-refractivity contribution in [3.63, 3.8) is 0 Å². The van der Waals surface area contributed by atoms with Crippen LogP contribution in [-0.4, -0.2) is 23.4 Å². The predicted molar refractivity (Wildman–Crippen MR) is 67.3 cm³/mol. The van der Waals surface area contributed by atoms with Gasteiger partial charge < -0.3 is 5.73 Å². The second-order valence-corrected chi connectivity index (χ2v) is 6.44. The molecule has 2 heterocycles. The van der Waals surface area contributed by atoms with Gasteiger partial charge in [0.15, 0.2) is 9.34 Å². The van der Waals surface area contributed by atoms with Crippen LogP contribution in [-0.2, 0) is 16.6 Å². The first-order valence-corrected chi connectivity index (χ1v) is 7.26. The molecule has 0 fully saturated rings. The number of aromatic nitrogens is 3. The normalized spacial score (nSPS) is 11.6. The Bertz CT molecular complexity index is 638. The van der Waals surface area contributed by atoms with Crippen LogP contribution in [0, 0.1) is 6.92 Å². The predicted octanol–water partition coefficient (Wildman–Crippen LogP) is 0.302. The van der Waals surface area contributed by atoms with E-state index in [1.165, 1.54) is 6.33 Å². The molecule has 18 heavy (non-hydrogen) atoms. The number of rotatable bonds is 4. The van der Waals surface area contributed by atoms with E-state index >= 15 is 0 Å². The van der Waals surface area contributed by atoms with Gasteiger partial charge in [0.05, 0.1) is 17.9 Å². The van der Waals surface area contributed by atoms with Gasteiger partial charge in [0, 0.05) is 6.20 Å². The molecule has 0 amide bonds.